The molecule has 1 aromatic heterocycles. The van der Waals surface area contributed by atoms with Crippen LogP contribution >= 0.6 is 0 Å². The Kier molecular flexibility index (Phi) is 6.26. The zero-order valence-corrected chi connectivity index (χ0v) is 11.2. The first-order chi connectivity index (χ1) is 8.17. The predicted octanol–water partition coefficient (Wildman–Crippen LogP) is 2.64. The van der Waals surface area contributed by atoms with Crippen LogP contribution in [-0.4, -0.2) is 26.0 Å². The van der Waals surface area contributed by atoms with Crippen molar-refractivity contribution in [2.75, 3.05) is 19.8 Å². The van der Waals surface area contributed by atoms with E-state index in [-0.39, 0.29) is 12.3 Å². The number of hydrogen-bond acceptors (Lipinski definition) is 4. The van der Waals surface area contributed by atoms with Gasteiger partial charge >= 0.3 is 0 Å². The standard InChI is InChI=1S/C13H23NO3/c1-5-15-13(16-6-2)9-14-11(4)12-8-7-10(3)17-12/h7-8,11,13-14H,5-6,9H2,1-4H3. The Hall–Kier alpha value is -0.840. The van der Waals surface area contributed by atoms with Gasteiger partial charge in [0.25, 0.3) is 0 Å². The van der Waals surface area contributed by atoms with Crippen molar-refractivity contribution in [1.82, 2.24) is 5.32 Å². The summed E-state index contributed by atoms with van der Waals surface area (Å²) in [6.07, 6.45) is -0.191. The molecule has 1 N–H and O–H groups in total. The molecular weight excluding hydrogens is 218 g/mol. The maximum absolute atomic E-state index is 5.55. The first-order valence-electron chi connectivity index (χ1n) is 6.20. The first kappa shape index (κ1) is 14.2. The smallest absolute Gasteiger partial charge is 0.169 e. The average Bonchev–Trinajstić information content (AvgIpc) is 2.73. The maximum Gasteiger partial charge on any atom is 0.169 e. The van der Waals surface area contributed by atoms with Gasteiger partial charge < -0.3 is 19.2 Å². The highest BCUT2D eigenvalue weighted by atomic mass is 16.7. The summed E-state index contributed by atoms with van der Waals surface area (Å²) >= 11 is 0. The third kappa shape index (κ3) is 4.89. The van der Waals surface area contributed by atoms with Gasteiger partial charge in [-0.3, -0.25) is 0 Å². The van der Waals surface area contributed by atoms with Gasteiger partial charge in [-0.1, -0.05) is 0 Å². The Bertz CT molecular complexity index is 305. The molecule has 98 valence electrons. The molecule has 0 radical (unpaired) electrons. The third-order valence-corrected chi connectivity index (χ3v) is 2.48. The molecule has 0 fully saturated rings. The molecule has 0 amide bonds. The van der Waals surface area contributed by atoms with Crippen LogP contribution in [0, 0.1) is 6.92 Å². The van der Waals surface area contributed by atoms with Crippen LogP contribution in [0.3, 0.4) is 0 Å². The average molecular weight is 241 g/mol. The van der Waals surface area contributed by atoms with Gasteiger partial charge in [0.15, 0.2) is 6.29 Å². The van der Waals surface area contributed by atoms with Gasteiger partial charge in [-0.2, -0.15) is 0 Å². The molecule has 0 aliphatic carbocycles. The van der Waals surface area contributed by atoms with Gasteiger partial charge in [-0.25, -0.2) is 0 Å². The number of aryl methyl sites for hydroxylation is 1. The van der Waals surface area contributed by atoms with E-state index in [4.69, 9.17) is 13.9 Å². The largest absolute Gasteiger partial charge is 0.465 e. The van der Waals surface area contributed by atoms with Crippen molar-refractivity contribution in [2.45, 2.75) is 40.0 Å². The fourth-order valence-electron chi connectivity index (χ4n) is 1.60. The molecule has 0 spiro atoms. The normalized spacial score (nSPS) is 13.2. The molecular formula is C13H23NO3. The second-order valence-electron chi connectivity index (χ2n) is 3.92. The van der Waals surface area contributed by atoms with E-state index in [1.807, 2.05) is 32.9 Å². The number of ether oxygens (including phenoxy) is 2. The number of rotatable bonds is 8. The molecule has 0 saturated heterocycles. The Morgan fingerprint density at radius 1 is 1.24 bits per heavy atom. The van der Waals surface area contributed by atoms with Crippen molar-refractivity contribution in [3.8, 4) is 0 Å². The van der Waals surface area contributed by atoms with Crippen molar-refractivity contribution in [3.63, 3.8) is 0 Å². The lowest BCUT2D eigenvalue weighted by molar-refractivity contribution is -0.133. The van der Waals surface area contributed by atoms with E-state index < -0.39 is 0 Å². The van der Waals surface area contributed by atoms with E-state index in [0.29, 0.717) is 19.8 Å². The van der Waals surface area contributed by atoms with E-state index in [1.54, 1.807) is 0 Å². The predicted molar refractivity (Wildman–Crippen MR) is 66.9 cm³/mol. The molecule has 1 aromatic rings. The molecule has 1 unspecified atom stereocenters. The van der Waals surface area contributed by atoms with Crippen molar-refractivity contribution in [1.29, 1.82) is 0 Å². The van der Waals surface area contributed by atoms with Gasteiger partial charge in [-0.15, -0.1) is 0 Å². The van der Waals surface area contributed by atoms with E-state index in [0.717, 1.165) is 11.5 Å². The molecule has 0 saturated carbocycles. The Morgan fingerprint density at radius 3 is 2.35 bits per heavy atom. The molecule has 0 bridgehead atoms. The topological polar surface area (TPSA) is 43.6 Å². The van der Waals surface area contributed by atoms with E-state index in [1.165, 1.54) is 0 Å². The van der Waals surface area contributed by atoms with Crippen LogP contribution in [0.5, 0.6) is 0 Å². The molecule has 0 aliphatic rings. The van der Waals surface area contributed by atoms with Gasteiger partial charge in [0.2, 0.25) is 0 Å². The van der Waals surface area contributed by atoms with E-state index in [2.05, 4.69) is 12.2 Å². The van der Waals surface area contributed by atoms with Crippen LogP contribution < -0.4 is 5.32 Å². The fraction of sp³-hybridized carbons (Fsp3) is 0.692. The van der Waals surface area contributed by atoms with Crippen LogP contribution in [0.15, 0.2) is 16.5 Å². The lowest BCUT2D eigenvalue weighted by Gasteiger charge is -2.19. The minimum absolute atomic E-state index is 0.159. The maximum atomic E-state index is 5.55. The highest BCUT2D eigenvalue weighted by molar-refractivity contribution is 5.08. The summed E-state index contributed by atoms with van der Waals surface area (Å²) in [6.45, 7) is 9.90. The van der Waals surface area contributed by atoms with Gasteiger partial charge in [0.1, 0.15) is 11.5 Å². The molecule has 4 heteroatoms. The van der Waals surface area contributed by atoms with Crippen LogP contribution in [0.4, 0.5) is 0 Å². The summed E-state index contributed by atoms with van der Waals surface area (Å²) in [5.41, 5.74) is 0. The summed E-state index contributed by atoms with van der Waals surface area (Å²) in [5.74, 6) is 1.87. The minimum atomic E-state index is -0.191. The number of nitrogens with one attached hydrogen (secondary N) is 1. The summed E-state index contributed by atoms with van der Waals surface area (Å²) in [7, 11) is 0. The van der Waals surface area contributed by atoms with Crippen molar-refractivity contribution >= 4 is 0 Å². The number of hydrogen-bond donors (Lipinski definition) is 1. The van der Waals surface area contributed by atoms with Gasteiger partial charge in [0.05, 0.1) is 6.04 Å². The lowest BCUT2D eigenvalue weighted by atomic mass is 10.2. The highest BCUT2D eigenvalue weighted by Gasteiger charge is 2.13. The van der Waals surface area contributed by atoms with Crippen LogP contribution in [0.1, 0.15) is 38.3 Å². The van der Waals surface area contributed by atoms with Crippen molar-refractivity contribution in [3.05, 3.63) is 23.7 Å². The SMILES string of the molecule is CCOC(CNC(C)c1ccc(C)o1)OCC. The van der Waals surface area contributed by atoms with Gasteiger partial charge in [0, 0.05) is 19.8 Å². The van der Waals surface area contributed by atoms with Crippen LogP contribution in [0.2, 0.25) is 0 Å². The molecule has 4 nitrogen and oxygen atoms in total. The molecule has 1 rings (SSSR count). The van der Waals surface area contributed by atoms with Crippen molar-refractivity contribution < 1.29 is 13.9 Å². The quantitative estimate of drug-likeness (QED) is 0.711. The monoisotopic (exact) mass is 241 g/mol. The third-order valence-electron chi connectivity index (χ3n) is 2.48. The van der Waals surface area contributed by atoms with Gasteiger partial charge in [-0.05, 0) is 39.8 Å². The molecule has 1 atom stereocenters. The first-order valence-corrected chi connectivity index (χ1v) is 6.20. The minimum Gasteiger partial charge on any atom is -0.465 e. The zero-order valence-electron chi connectivity index (χ0n) is 11.2. The number of furan rings is 1. The Labute approximate surface area is 103 Å². The zero-order chi connectivity index (χ0) is 12.7. The Balaban J connectivity index is 2.37. The van der Waals surface area contributed by atoms with E-state index in [9.17, 15) is 0 Å². The summed E-state index contributed by atoms with van der Waals surface area (Å²) in [5, 5.41) is 3.34. The molecule has 1 heterocycles. The Morgan fingerprint density at radius 2 is 1.88 bits per heavy atom. The van der Waals surface area contributed by atoms with Crippen LogP contribution in [-0.2, 0) is 9.47 Å². The lowest BCUT2D eigenvalue weighted by Crippen LogP contribution is -2.33. The molecule has 17 heavy (non-hydrogen) atoms. The second-order valence-corrected chi connectivity index (χ2v) is 3.92. The molecule has 0 aromatic carbocycles. The highest BCUT2D eigenvalue weighted by Crippen LogP contribution is 2.15. The fourth-order valence-corrected chi connectivity index (χ4v) is 1.60. The summed E-state index contributed by atoms with van der Waals surface area (Å²) < 4.78 is 16.5. The summed E-state index contributed by atoms with van der Waals surface area (Å²) in [6, 6.07) is 4.12. The van der Waals surface area contributed by atoms with Crippen molar-refractivity contribution in [2.24, 2.45) is 0 Å². The van der Waals surface area contributed by atoms with E-state index >= 15 is 0 Å². The summed E-state index contributed by atoms with van der Waals surface area (Å²) in [4.78, 5) is 0. The second kappa shape index (κ2) is 7.48. The van der Waals surface area contributed by atoms with Crippen LogP contribution in [0.25, 0.3) is 0 Å². The molecule has 0 aliphatic heterocycles.